The molecule has 0 aliphatic carbocycles. The number of ether oxygens (including phenoxy) is 1. The molecule has 21 heavy (non-hydrogen) atoms. The van der Waals surface area contributed by atoms with Gasteiger partial charge in [0.15, 0.2) is 5.69 Å². The number of aromatic nitrogens is 3. The Kier molecular flexibility index (Phi) is 4.32. The molecule has 0 aliphatic rings. The lowest BCUT2D eigenvalue weighted by Gasteiger charge is -2.06. The highest BCUT2D eigenvalue weighted by molar-refractivity contribution is 5.90. The van der Waals surface area contributed by atoms with Gasteiger partial charge in [0.25, 0.3) is 0 Å². The number of carboxylic acids is 1. The van der Waals surface area contributed by atoms with Crippen LogP contribution in [-0.2, 0) is 4.74 Å². The predicted octanol–water partition coefficient (Wildman–Crippen LogP) is 1.84. The second kappa shape index (κ2) is 6.17. The van der Waals surface area contributed by atoms with Crippen LogP contribution in [0.5, 0.6) is 0 Å². The Morgan fingerprint density at radius 1 is 1.38 bits per heavy atom. The van der Waals surface area contributed by atoms with Gasteiger partial charge in [0.1, 0.15) is 0 Å². The van der Waals surface area contributed by atoms with Crippen LogP contribution in [0.2, 0.25) is 0 Å². The van der Waals surface area contributed by atoms with E-state index in [4.69, 9.17) is 9.84 Å². The molecular weight excluding hydrogens is 274 g/mol. The van der Waals surface area contributed by atoms with Crippen molar-refractivity contribution in [1.29, 1.82) is 0 Å². The molecule has 0 bridgehead atoms. The second-order valence-electron chi connectivity index (χ2n) is 4.43. The standard InChI is InChI=1S/C14H15N3O4/c1-3-7-21-14(20)10-5-4-6-11(8-10)17-9(2)12(13(18)19)15-16-17/h4-6,8H,3,7H2,1-2H3,(H,18,19). The number of carboxylic acid groups (broad SMARTS) is 1. The Labute approximate surface area is 121 Å². The third-order valence-electron chi connectivity index (χ3n) is 2.86. The van der Waals surface area contributed by atoms with E-state index in [1.807, 2.05) is 6.92 Å². The van der Waals surface area contributed by atoms with Gasteiger partial charge in [-0.2, -0.15) is 0 Å². The molecule has 1 N–H and O–H groups in total. The third kappa shape index (κ3) is 3.07. The SMILES string of the molecule is CCCOC(=O)c1cccc(-n2nnc(C(=O)O)c2C)c1. The van der Waals surface area contributed by atoms with Crippen LogP contribution < -0.4 is 0 Å². The molecule has 0 atom stereocenters. The molecular formula is C14H15N3O4. The summed E-state index contributed by atoms with van der Waals surface area (Å²) in [6, 6.07) is 6.61. The zero-order chi connectivity index (χ0) is 15.4. The monoisotopic (exact) mass is 289 g/mol. The quantitative estimate of drug-likeness (QED) is 0.844. The van der Waals surface area contributed by atoms with Gasteiger partial charge < -0.3 is 9.84 Å². The summed E-state index contributed by atoms with van der Waals surface area (Å²) < 4.78 is 6.44. The summed E-state index contributed by atoms with van der Waals surface area (Å²) in [6.07, 6.45) is 0.746. The average molecular weight is 289 g/mol. The van der Waals surface area contributed by atoms with Crippen LogP contribution in [0.3, 0.4) is 0 Å². The van der Waals surface area contributed by atoms with Gasteiger partial charge >= 0.3 is 11.9 Å². The van der Waals surface area contributed by atoms with E-state index < -0.39 is 11.9 Å². The molecule has 0 saturated carbocycles. The minimum atomic E-state index is -1.14. The lowest BCUT2D eigenvalue weighted by molar-refractivity contribution is 0.0504. The second-order valence-corrected chi connectivity index (χ2v) is 4.43. The summed E-state index contributed by atoms with van der Waals surface area (Å²) in [5.41, 5.74) is 1.21. The first-order valence-corrected chi connectivity index (χ1v) is 6.47. The van der Waals surface area contributed by atoms with Crippen molar-refractivity contribution < 1.29 is 19.4 Å². The topological polar surface area (TPSA) is 94.3 Å². The highest BCUT2D eigenvalue weighted by Gasteiger charge is 2.17. The largest absolute Gasteiger partial charge is 0.476 e. The van der Waals surface area contributed by atoms with Crippen LogP contribution >= 0.6 is 0 Å². The summed E-state index contributed by atoms with van der Waals surface area (Å²) in [5.74, 6) is -1.56. The first-order valence-electron chi connectivity index (χ1n) is 6.47. The van der Waals surface area contributed by atoms with E-state index in [9.17, 15) is 9.59 Å². The molecule has 1 aromatic heterocycles. The zero-order valence-corrected chi connectivity index (χ0v) is 11.7. The summed E-state index contributed by atoms with van der Waals surface area (Å²) >= 11 is 0. The Hall–Kier alpha value is -2.70. The summed E-state index contributed by atoms with van der Waals surface area (Å²) in [7, 11) is 0. The van der Waals surface area contributed by atoms with Crippen LogP contribution in [0.25, 0.3) is 5.69 Å². The predicted molar refractivity (Wildman–Crippen MR) is 73.6 cm³/mol. The Balaban J connectivity index is 2.33. The van der Waals surface area contributed by atoms with Crippen molar-refractivity contribution in [2.75, 3.05) is 6.61 Å². The number of rotatable bonds is 5. The fourth-order valence-corrected chi connectivity index (χ4v) is 1.81. The molecule has 1 heterocycles. The molecule has 0 spiro atoms. The maximum absolute atomic E-state index is 11.8. The van der Waals surface area contributed by atoms with E-state index in [0.29, 0.717) is 23.6 Å². The van der Waals surface area contributed by atoms with Crippen LogP contribution in [0.4, 0.5) is 0 Å². The highest BCUT2D eigenvalue weighted by Crippen LogP contribution is 2.14. The first-order chi connectivity index (χ1) is 10.0. The highest BCUT2D eigenvalue weighted by atomic mass is 16.5. The number of hydrogen-bond acceptors (Lipinski definition) is 5. The summed E-state index contributed by atoms with van der Waals surface area (Å²) in [5, 5.41) is 16.4. The van der Waals surface area contributed by atoms with Gasteiger partial charge in [-0.1, -0.05) is 18.2 Å². The zero-order valence-electron chi connectivity index (χ0n) is 11.7. The molecule has 2 rings (SSSR count). The van der Waals surface area contributed by atoms with Crippen molar-refractivity contribution in [1.82, 2.24) is 15.0 Å². The van der Waals surface area contributed by atoms with E-state index in [1.54, 1.807) is 31.2 Å². The number of nitrogens with zero attached hydrogens (tertiary/aromatic N) is 3. The van der Waals surface area contributed by atoms with E-state index in [2.05, 4.69) is 10.3 Å². The minimum absolute atomic E-state index is 0.117. The van der Waals surface area contributed by atoms with E-state index in [-0.39, 0.29) is 5.69 Å². The lowest BCUT2D eigenvalue weighted by Crippen LogP contribution is -2.08. The molecule has 0 radical (unpaired) electrons. The van der Waals surface area contributed by atoms with Gasteiger partial charge in [-0.3, -0.25) is 0 Å². The lowest BCUT2D eigenvalue weighted by atomic mass is 10.2. The number of esters is 1. The van der Waals surface area contributed by atoms with Gasteiger partial charge in [-0.05, 0) is 31.5 Å². The molecule has 0 amide bonds. The average Bonchev–Trinajstić information content (AvgIpc) is 2.86. The summed E-state index contributed by atoms with van der Waals surface area (Å²) in [4.78, 5) is 22.8. The molecule has 2 aromatic rings. The van der Waals surface area contributed by atoms with Crippen LogP contribution in [0, 0.1) is 6.92 Å². The maximum Gasteiger partial charge on any atom is 0.358 e. The van der Waals surface area contributed by atoms with Crippen molar-refractivity contribution in [2.24, 2.45) is 0 Å². The Morgan fingerprint density at radius 3 is 2.76 bits per heavy atom. The smallest absolute Gasteiger partial charge is 0.358 e. The normalized spacial score (nSPS) is 10.4. The molecule has 1 aromatic carbocycles. The summed E-state index contributed by atoms with van der Waals surface area (Å²) in [6.45, 7) is 3.87. The molecule has 7 nitrogen and oxygen atoms in total. The fourth-order valence-electron chi connectivity index (χ4n) is 1.81. The first kappa shape index (κ1) is 14.7. The van der Waals surface area contributed by atoms with Crippen molar-refractivity contribution in [2.45, 2.75) is 20.3 Å². The number of benzene rings is 1. The van der Waals surface area contributed by atoms with Crippen molar-refractivity contribution in [3.8, 4) is 5.69 Å². The van der Waals surface area contributed by atoms with E-state index in [0.717, 1.165) is 6.42 Å². The van der Waals surface area contributed by atoms with Crippen LogP contribution in [0.15, 0.2) is 24.3 Å². The number of carbonyl (C=O) groups excluding carboxylic acids is 1. The Bertz CT molecular complexity index is 679. The third-order valence-corrected chi connectivity index (χ3v) is 2.86. The van der Waals surface area contributed by atoms with Gasteiger partial charge in [0.2, 0.25) is 0 Å². The molecule has 0 saturated heterocycles. The van der Waals surface area contributed by atoms with Crippen molar-refractivity contribution in [3.05, 3.63) is 41.2 Å². The maximum atomic E-state index is 11.8. The van der Waals surface area contributed by atoms with E-state index in [1.165, 1.54) is 4.68 Å². The van der Waals surface area contributed by atoms with Crippen LogP contribution in [-0.4, -0.2) is 38.6 Å². The van der Waals surface area contributed by atoms with Gasteiger partial charge in [0, 0.05) is 0 Å². The molecule has 0 unspecified atom stereocenters. The Morgan fingerprint density at radius 2 is 2.14 bits per heavy atom. The molecule has 0 fully saturated rings. The molecule has 110 valence electrons. The van der Waals surface area contributed by atoms with Crippen molar-refractivity contribution >= 4 is 11.9 Å². The fraction of sp³-hybridized carbons (Fsp3) is 0.286. The number of hydrogen-bond donors (Lipinski definition) is 1. The molecule has 0 aliphatic heterocycles. The number of carbonyl (C=O) groups is 2. The van der Waals surface area contributed by atoms with Gasteiger partial charge in [-0.25, -0.2) is 14.3 Å². The van der Waals surface area contributed by atoms with Crippen LogP contribution in [0.1, 0.15) is 39.9 Å². The minimum Gasteiger partial charge on any atom is -0.476 e. The van der Waals surface area contributed by atoms with Crippen molar-refractivity contribution in [3.63, 3.8) is 0 Å². The van der Waals surface area contributed by atoms with Gasteiger partial charge in [0.05, 0.1) is 23.6 Å². The molecule has 7 heteroatoms. The number of aromatic carboxylic acids is 1. The van der Waals surface area contributed by atoms with Gasteiger partial charge in [-0.15, -0.1) is 5.10 Å². The van der Waals surface area contributed by atoms with E-state index >= 15 is 0 Å².